The summed E-state index contributed by atoms with van der Waals surface area (Å²) >= 11 is 0. The van der Waals surface area contributed by atoms with Gasteiger partial charge in [0.1, 0.15) is 0 Å². The zero-order valence-electron chi connectivity index (χ0n) is 12.4. The van der Waals surface area contributed by atoms with Gasteiger partial charge in [-0.2, -0.15) is 13.2 Å². The number of rotatable bonds is 2. The van der Waals surface area contributed by atoms with Crippen LogP contribution in [0.4, 0.5) is 13.2 Å². The van der Waals surface area contributed by atoms with Crippen LogP contribution in [0.15, 0.2) is 0 Å². The summed E-state index contributed by atoms with van der Waals surface area (Å²) in [6.07, 6.45) is -1.33. The van der Waals surface area contributed by atoms with Crippen molar-refractivity contribution in [2.75, 3.05) is 32.7 Å². The van der Waals surface area contributed by atoms with Crippen LogP contribution in [0.3, 0.4) is 0 Å². The highest BCUT2D eigenvalue weighted by Crippen LogP contribution is 2.29. The van der Waals surface area contributed by atoms with Gasteiger partial charge in [0.25, 0.3) is 0 Å². The molecule has 4 nitrogen and oxygen atoms in total. The molecule has 7 heteroatoms. The number of nitrogens with two attached hydrogens (primary N) is 1. The molecule has 1 aliphatic heterocycles. The summed E-state index contributed by atoms with van der Waals surface area (Å²) in [4.78, 5) is 15.6. The molecule has 2 rings (SSSR count). The molecular formula is C14H24F3N3O. The van der Waals surface area contributed by atoms with E-state index in [9.17, 15) is 18.0 Å². The molecule has 0 radical (unpaired) electrons. The van der Waals surface area contributed by atoms with E-state index in [0.717, 1.165) is 19.3 Å². The average molecular weight is 307 g/mol. The average Bonchev–Trinajstić information content (AvgIpc) is 2.40. The first-order valence-corrected chi connectivity index (χ1v) is 7.61. The van der Waals surface area contributed by atoms with Crippen molar-refractivity contribution in [3.63, 3.8) is 0 Å². The fourth-order valence-corrected chi connectivity index (χ4v) is 3.34. The number of carbonyl (C=O) groups excluding carboxylic acids is 1. The van der Waals surface area contributed by atoms with E-state index < -0.39 is 12.7 Å². The molecule has 1 saturated heterocycles. The van der Waals surface area contributed by atoms with Crippen LogP contribution >= 0.6 is 0 Å². The van der Waals surface area contributed by atoms with Crippen molar-refractivity contribution in [2.24, 2.45) is 17.6 Å². The highest BCUT2D eigenvalue weighted by molar-refractivity contribution is 5.79. The first-order valence-electron chi connectivity index (χ1n) is 7.61. The summed E-state index contributed by atoms with van der Waals surface area (Å²) in [7, 11) is 0. The summed E-state index contributed by atoms with van der Waals surface area (Å²) in [5.74, 6) is 0.197. The number of piperazine rings is 1. The molecule has 3 unspecified atom stereocenters. The zero-order chi connectivity index (χ0) is 15.6. The Morgan fingerprint density at radius 2 is 1.81 bits per heavy atom. The van der Waals surface area contributed by atoms with E-state index in [1.807, 2.05) is 0 Å². The Bertz CT molecular complexity index is 367. The molecule has 2 N–H and O–H groups in total. The number of alkyl halides is 3. The molecule has 1 saturated carbocycles. The normalized spacial score (nSPS) is 32.2. The van der Waals surface area contributed by atoms with Gasteiger partial charge in [-0.05, 0) is 18.8 Å². The number of hydrogen-bond donors (Lipinski definition) is 1. The molecule has 0 spiro atoms. The maximum Gasteiger partial charge on any atom is 0.401 e. The summed E-state index contributed by atoms with van der Waals surface area (Å²) < 4.78 is 37.0. The van der Waals surface area contributed by atoms with Crippen LogP contribution in [-0.4, -0.2) is 60.6 Å². The van der Waals surface area contributed by atoms with Gasteiger partial charge in [-0.3, -0.25) is 9.69 Å². The SMILES string of the molecule is CC1CCCC(C(=O)N2CCN(CC(F)(F)F)CC2)C1N. The van der Waals surface area contributed by atoms with E-state index in [2.05, 4.69) is 6.92 Å². The number of nitrogens with zero attached hydrogens (tertiary/aromatic N) is 2. The molecule has 122 valence electrons. The predicted molar refractivity (Wildman–Crippen MR) is 73.6 cm³/mol. The smallest absolute Gasteiger partial charge is 0.340 e. The van der Waals surface area contributed by atoms with Gasteiger partial charge in [0.2, 0.25) is 5.91 Å². The molecule has 0 aromatic rings. The van der Waals surface area contributed by atoms with Crippen molar-refractivity contribution >= 4 is 5.91 Å². The third-order valence-corrected chi connectivity index (χ3v) is 4.70. The summed E-state index contributed by atoms with van der Waals surface area (Å²) in [5.41, 5.74) is 6.13. The first kappa shape index (κ1) is 16.5. The van der Waals surface area contributed by atoms with Gasteiger partial charge < -0.3 is 10.6 Å². The van der Waals surface area contributed by atoms with Crippen molar-refractivity contribution in [1.29, 1.82) is 0 Å². The highest BCUT2D eigenvalue weighted by Gasteiger charge is 2.37. The van der Waals surface area contributed by atoms with Crippen molar-refractivity contribution in [3.05, 3.63) is 0 Å². The third-order valence-electron chi connectivity index (χ3n) is 4.70. The topological polar surface area (TPSA) is 49.6 Å². The van der Waals surface area contributed by atoms with Crippen LogP contribution in [0.1, 0.15) is 26.2 Å². The number of halogens is 3. The van der Waals surface area contributed by atoms with E-state index in [4.69, 9.17) is 5.73 Å². The number of amides is 1. The van der Waals surface area contributed by atoms with Gasteiger partial charge in [0, 0.05) is 32.2 Å². The molecule has 1 amide bonds. The van der Waals surface area contributed by atoms with Crippen LogP contribution in [0.2, 0.25) is 0 Å². The molecule has 2 fully saturated rings. The predicted octanol–water partition coefficient (Wildman–Crippen LogP) is 1.46. The lowest BCUT2D eigenvalue weighted by molar-refractivity contribution is -0.153. The minimum atomic E-state index is -4.17. The van der Waals surface area contributed by atoms with Gasteiger partial charge in [-0.1, -0.05) is 13.3 Å². The summed E-state index contributed by atoms with van der Waals surface area (Å²) in [5, 5.41) is 0. The Morgan fingerprint density at radius 3 is 2.38 bits per heavy atom. The summed E-state index contributed by atoms with van der Waals surface area (Å²) in [6, 6.07) is -0.126. The lowest BCUT2D eigenvalue weighted by atomic mass is 9.77. The van der Waals surface area contributed by atoms with Crippen molar-refractivity contribution < 1.29 is 18.0 Å². The molecule has 1 aliphatic carbocycles. The van der Waals surface area contributed by atoms with Gasteiger partial charge in [-0.25, -0.2) is 0 Å². The zero-order valence-corrected chi connectivity index (χ0v) is 12.4. The lowest BCUT2D eigenvalue weighted by Gasteiger charge is -2.40. The van der Waals surface area contributed by atoms with Crippen LogP contribution in [0, 0.1) is 11.8 Å². The fraction of sp³-hybridized carbons (Fsp3) is 0.929. The molecule has 3 atom stereocenters. The Balaban J connectivity index is 1.85. The van der Waals surface area contributed by atoms with E-state index in [1.54, 1.807) is 4.90 Å². The number of carbonyl (C=O) groups is 1. The largest absolute Gasteiger partial charge is 0.401 e. The first-order chi connectivity index (χ1) is 9.78. The van der Waals surface area contributed by atoms with Gasteiger partial charge >= 0.3 is 6.18 Å². The molecule has 2 aliphatic rings. The second-order valence-corrected chi connectivity index (χ2v) is 6.31. The van der Waals surface area contributed by atoms with Gasteiger partial charge in [-0.15, -0.1) is 0 Å². The monoisotopic (exact) mass is 307 g/mol. The molecule has 0 aromatic carbocycles. The lowest BCUT2D eigenvalue weighted by Crippen LogP contribution is -2.55. The number of hydrogen-bond acceptors (Lipinski definition) is 3. The van der Waals surface area contributed by atoms with E-state index in [-0.39, 0.29) is 31.0 Å². The Morgan fingerprint density at radius 1 is 1.19 bits per heavy atom. The van der Waals surface area contributed by atoms with Crippen LogP contribution < -0.4 is 5.73 Å². The van der Waals surface area contributed by atoms with Gasteiger partial charge in [0.15, 0.2) is 0 Å². The van der Waals surface area contributed by atoms with E-state index in [1.165, 1.54) is 4.90 Å². The Kier molecular flexibility index (Phi) is 5.14. The van der Waals surface area contributed by atoms with E-state index in [0.29, 0.717) is 19.0 Å². The van der Waals surface area contributed by atoms with Gasteiger partial charge in [0.05, 0.1) is 12.5 Å². The highest BCUT2D eigenvalue weighted by atomic mass is 19.4. The molecule has 0 bridgehead atoms. The molecular weight excluding hydrogens is 283 g/mol. The van der Waals surface area contributed by atoms with Crippen LogP contribution in [0.5, 0.6) is 0 Å². The minimum absolute atomic E-state index is 0.0284. The molecule has 0 aromatic heterocycles. The maximum atomic E-state index is 12.5. The van der Waals surface area contributed by atoms with Crippen LogP contribution in [-0.2, 0) is 4.79 Å². The minimum Gasteiger partial charge on any atom is -0.340 e. The van der Waals surface area contributed by atoms with Crippen molar-refractivity contribution in [3.8, 4) is 0 Å². The Hall–Kier alpha value is -0.820. The third kappa shape index (κ3) is 4.32. The van der Waals surface area contributed by atoms with Crippen molar-refractivity contribution in [2.45, 2.75) is 38.4 Å². The standard InChI is InChI=1S/C14H24F3N3O/c1-10-3-2-4-11(12(10)18)13(21)20-7-5-19(6-8-20)9-14(15,16)17/h10-12H,2-9,18H2,1H3. The second-order valence-electron chi connectivity index (χ2n) is 6.31. The summed E-state index contributed by atoms with van der Waals surface area (Å²) in [6.45, 7) is 2.46. The Labute approximate surface area is 123 Å². The molecule has 1 heterocycles. The second kappa shape index (κ2) is 6.52. The van der Waals surface area contributed by atoms with Crippen LogP contribution in [0.25, 0.3) is 0 Å². The quantitative estimate of drug-likeness (QED) is 0.840. The maximum absolute atomic E-state index is 12.5. The molecule has 21 heavy (non-hydrogen) atoms. The fourth-order valence-electron chi connectivity index (χ4n) is 3.34. The van der Waals surface area contributed by atoms with Crippen molar-refractivity contribution in [1.82, 2.24) is 9.80 Å². The van der Waals surface area contributed by atoms with E-state index >= 15 is 0 Å².